The molecule has 0 bridgehead atoms. The number of amides is 7. The van der Waals surface area contributed by atoms with E-state index in [-0.39, 0.29) is 59.9 Å². The van der Waals surface area contributed by atoms with Gasteiger partial charge in [-0.2, -0.15) is 0 Å². The van der Waals surface area contributed by atoms with Gasteiger partial charge in [0.25, 0.3) is 5.91 Å². The number of ketones is 1. The Morgan fingerprint density at radius 3 is 2.07 bits per heavy atom. The first-order valence-corrected chi connectivity index (χ1v) is 21.2. The van der Waals surface area contributed by atoms with Gasteiger partial charge >= 0.3 is 6.03 Å². The van der Waals surface area contributed by atoms with Crippen molar-refractivity contribution in [1.29, 1.82) is 0 Å². The highest BCUT2D eigenvalue weighted by Gasteiger charge is 2.70. The third-order valence-electron chi connectivity index (χ3n) is 14.1. The minimum Gasteiger partial charge on any atom is -0.346 e. The molecule has 0 aromatic carbocycles. The van der Waals surface area contributed by atoms with Gasteiger partial charge in [0.15, 0.2) is 0 Å². The van der Waals surface area contributed by atoms with Gasteiger partial charge in [-0.05, 0) is 65.6 Å². The molecule has 4 N–H and O–H groups in total. The van der Waals surface area contributed by atoms with Crippen LogP contribution in [0.4, 0.5) is 4.79 Å². The molecule has 13 nitrogen and oxygen atoms in total. The minimum atomic E-state index is -1.04. The Kier molecular flexibility index (Phi) is 13.2. The lowest BCUT2D eigenvalue weighted by Gasteiger charge is -2.44. The van der Waals surface area contributed by atoms with Crippen LogP contribution >= 0.6 is 0 Å². The highest BCUT2D eigenvalue weighted by atomic mass is 16.2. The van der Waals surface area contributed by atoms with Crippen LogP contribution in [0.25, 0.3) is 0 Å². The summed E-state index contributed by atoms with van der Waals surface area (Å²) in [6.07, 6.45) is 11.9. The number of nitrogens with one attached hydrogen (secondary N) is 4. The Labute approximate surface area is 333 Å². The van der Waals surface area contributed by atoms with Crippen LogP contribution in [-0.4, -0.2) is 95.0 Å². The van der Waals surface area contributed by atoms with Crippen LogP contribution in [0.5, 0.6) is 0 Å². The van der Waals surface area contributed by atoms with E-state index < -0.39 is 58.6 Å². The molecule has 56 heavy (non-hydrogen) atoms. The highest BCUT2D eigenvalue weighted by Crippen LogP contribution is 2.65. The second-order valence-corrected chi connectivity index (χ2v) is 19.6. The molecule has 0 aromatic rings. The fraction of sp³-hybridized carbons (Fsp3) is 0.791. The number of carbonyl (C=O) groups is 7. The summed E-state index contributed by atoms with van der Waals surface area (Å²) in [5.74, 6) is -2.82. The molecule has 0 aromatic heterocycles. The summed E-state index contributed by atoms with van der Waals surface area (Å²) < 4.78 is 0. The number of unbranched alkanes of at least 4 members (excludes halogenated alkanes) is 1. The van der Waals surface area contributed by atoms with E-state index in [1.807, 2.05) is 34.6 Å². The fourth-order valence-electron chi connectivity index (χ4n) is 10.3. The lowest BCUT2D eigenvalue weighted by molar-refractivity contribution is -0.154. The van der Waals surface area contributed by atoms with Gasteiger partial charge in [-0.25, -0.2) is 4.79 Å². The molecule has 5 fully saturated rings. The molecule has 5 rings (SSSR count). The molecule has 2 heterocycles. The highest BCUT2D eigenvalue weighted by molar-refractivity contribution is 6.38. The number of likely N-dealkylation sites (tertiary alicyclic amines) is 2. The molecule has 3 aliphatic carbocycles. The molecule has 1 spiro atoms. The molecular formula is C43H68N6O7. The van der Waals surface area contributed by atoms with Crippen LogP contribution in [0.3, 0.4) is 0 Å². The smallest absolute Gasteiger partial charge is 0.315 e. The second kappa shape index (κ2) is 17.0. The number of rotatable bonds is 15. The first-order chi connectivity index (χ1) is 26.3. The van der Waals surface area contributed by atoms with E-state index in [1.54, 1.807) is 4.90 Å². The van der Waals surface area contributed by atoms with Crippen molar-refractivity contribution < 1.29 is 33.6 Å². The lowest BCUT2D eigenvalue weighted by Crippen LogP contribution is -2.64. The lowest BCUT2D eigenvalue weighted by atomic mass is 9.70. The Hall–Kier alpha value is -3.77. The van der Waals surface area contributed by atoms with Crippen LogP contribution in [-0.2, 0) is 28.8 Å². The number of fused-ring (bicyclic) bond motifs is 1. The number of piperidine rings is 2. The summed E-state index contributed by atoms with van der Waals surface area (Å²) in [6.45, 7) is 18.1. The summed E-state index contributed by atoms with van der Waals surface area (Å²) in [5.41, 5.74) is -1.57. The van der Waals surface area contributed by atoms with Crippen LogP contribution in [0.15, 0.2) is 12.7 Å². The molecule has 6 atom stereocenters. The molecule has 3 saturated carbocycles. The van der Waals surface area contributed by atoms with E-state index in [2.05, 4.69) is 41.7 Å². The van der Waals surface area contributed by atoms with Crippen molar-refractivity contribution in [3.05, 3.63) is 12.7 Å². The van der Waals surface area contributed by atoms with Crippen LogP contribution in [0.2, 0.25) is 0 Å². The third kappa shape index (κ3) is 9.17. The molecule has 312 valence electrons. The first-order valence-electron chi connectivity index (χ1n) is 21.2. The Morgan fingerprint density at radius 1 is 0.893 bits per heavy atom. The summed E-state index contributed by atoms with van der Waals surface area (Å²) in [4.78, 5) is 99.1. The fourth-order valence-corrected chi connectivity index (χ4v) is 10.3. The predicted molar refractivity (Wildman–Crippen MR) is 213 cm³/mol. The number of urea groups is 1. The van der Waals surface area contributed by atoms with Crippen molar-refractivity contribution in [3.8, 4) is 0 Å². The molecule has 5 aliphatic rings. The van der Waals surface area contributed by atoms with E-state index in [4.69, 9.17) is 0 Å². The largest absolute Gasteiger partial charge is 0.346 e. The Balaban J connectivity index is 1.36. The number of Topliss-reactive ketones (excluding diaryl/α,β-unsaturated/α-hetero) is 1. The average Bonchev–Trinajstić information content (AvgIpc) is 3.49. The normalized spacial score (nSPS) is 26.4. The number of carbonyl (C=O) groups excluding carboxylic acids is 7. The summed E-state index contributed by atoms with van der Waals surface area (Å²) in [6, 6.07) is -4.04. The monoisotopic (exact) mass is 781 g/mol. The summed E-state index contributed by atoms with van der Waals surface area (Å²) in [5, 5.41) is 11.5. The topological polar surface area (TPSA) is 174 Å². The molecule has 13 heteroatoms. The maximum absolute atomic E-state index is 15.0. The van der Waals surface area contributed by atoms with Gasteiger partial charge < -0.3 is 26.2 Å². The number of hydrogen-bond acceptors (Lipinski definition) is 7. The van der Waals surface area contributed by atoms with Crippen molar-refractivity contribution in [1.82, 2.24) is 31.1 Å². The van der Waals surface area contributed by atoms with E-state index >= 15 is 0 Å². The molecular weight excluding hydrogens is 713 g/mol. The second-order valence-electron chi connectivity index (χ2n) is 19.6. The first kappa shape index (κ1) is 43.4. The minimum absolute atomic E-state index is 0.0386. The van der Waals surface area contributed by atoms with Gasteiger partial charge in [0.2, 0.25) is 29.4 Å². The average molecular weight is 781 g/mol. The number of hydrogen-bond donors (Lipinski definition) is 4. The van der Waals surface area contributed by atoms with Crippen molar-refractivity contribution in [2.75, 3.05) is 19.6 Å². The zero-order valence-corrected chi connectivity index (χ0v) is 35.0. The Morgan fingerprint density at radius 2 is 1.50 bits per heavy atom. The Bertz CT molecular complexity index is 1540. The molecule has 2 saturated heterocycles. The maximum atomic E-state index is 15.0. The van der Waals surface area contributed by atoms with E-state index in [9.17, 15) is 33.6 Å². The van der Waals surface area contributed by atoms with Crippen LogP contribution in [0.1, 0.15) is 138 Å². The SMILES string of the molecule is C=CCNC(=O)C(=O)C(CCCC)NC(=O)[C@@H]1[C@@H]2[C@H](CN1C(=O)[C@@H](NC(=O)N[C@H](CN1C(=O)CC3(CCCC3)CC1=O)C(C)(C)C)C1(C)CCCCC1)C2(C)C. The van der Waals surface area contributed by atoms with Crippen molar-refractivity contribution in [3.63, 3.8) is 0 Å². The quantitative estimate of drug-likeness (QED) is 0.105. The zero-order chi connectivity index (χ0) is 41.2. The number of nitrogens with zero attached hydrogens (tertiary/aromatic N) is 2. The summed E-state index contributed by atoms with van der Waals surface area (Å²) in [7, 11) is 0. The van der Waals surface area contributed by atoms with Gasteiger partial charge in [-0.3, -0.25) is 33.7 Å². The van der Waals surface area contributed by atoms with Gasteiger partial charge in [0.05, 0.1) is 12.1 Å². The maximum Gasteiger partial charge on any atom is 0.315 e. The van der Waals surface area contributed by atoms with E-state index in [0.29, 0.717) is 38.6 Å². The van der Waals surface area contributed by atoms with Gasteiger partial charge in [0, 0.05) is 32.5 Å². The standard InChI is InChI=1S/C43H68N6O7/c1-9-11-17-28(34(52)37(54)44-22-10-2)45-36(53)33-32-27(41(32,6)7)25-49(33)38(55)35(42(8)18-13-12-14-19-42)47-39(56)46-29(40(3,4)5)26-48-30(50)23-43(24-31(48)51)20-15-16-21-43/h10,27-29,32-33,35H,2,9,11-26H2,1,3-8H3,(H,44,54)(H,45,53)(H2,46,47,56)/t27-,28?,29+,32-,33-,35+/m0/s1. The molecule has 0 radical (unpaired) electrons. The van der Waals surface area contributed by atoms with Crippen molar-refractivity contribution >= 4 is 41.4 Å². The van der Waals surface area contributed by atoms with Crippen molar-refractivity contribution in [2.24, 2.45) is 33.5 Å². The predicted octanol–water partition coefficient (Wildman–Crippen LogP) is 4.78. The van der Waals surface area contributed by atoms with Crippen molar-refractivity contribution in [2.45, 2.75) is 163 Å². The number of imide groups is 1. The van der Waals surface area contributed by atoms with Crippen LogP contribution < -0.4 is 21.3 Å². The molecule has 7 amide bonds. The van der Waals surface area contributed by atoms with E-state index in [0.717, 1.165) is 51.4 Å². The van der Waals surface area contributed by atoms with Gasteiger partial charge in [-0.1, -0.05) is 99.5 Å². The van der Waals surface area contributed by atoms with E-state index in [1.165, 1.54) is 11.0 Å². The molecule has 2 aliphatic heterocycles. The third-order valence-corrected chi connectivity index (χ3v) is 14.1. The van der Waals surface area contributed by atoms with Gasteiger partial charge in [0.1, 0.15) is 12.1 Å². The van der Waals surface area contributed by atoms with Gasteiger partial charge in [-0.15, -0.1) is 6.58 Å². The zero-order valence-electron chi connectivity index (χ0n) is 35.0. The van der Waals surface area contributed by atoms with Crippen LogP contribution in [0, 0.1) is 33.5 Å². The summed E-state index contributed by atoms with van der Waals surface area (Å²) >= 11 is 0. The molecule has 1 unspecified atom stereocenters.